The van der Waals surface area contributed by atoms with E-state index >= 15 is 0 Å². The molecule has 0 spiro atoms. The summed E-state index contributed by atoms with van der Waals surface area (Å²) in [6, 6.07) is 15.2. The second-order valence-electron chi connectivity index (χ2n) is 7.71. The number of benzene rings is 2. The highest BCUT2D eigenvalue weighted by molar-refractivity contribution is 8.14. The zero-order valence-corrected chi connectivity index (χ0v) is 17.8. The van der Waals surface area contributed by atoms with Crippen molar-refractivity contribution in [2.45, 2.75) is 26.3 Å². The number of nitriles is 1. The van der Waals surface area contributed by atoms with E-state index in [0.29, 0.717) is 28.0 Å². The van der Waals surface area contributed by atoms with Gasteiger partial charge in [-0.25, -0.2) is 4.99 Å². The molecule has 0 saturated carbocycles. The zero-order valence-electron chi connectivity index (χ0n) is 17.0. The number of carbonyl (C=O) groups is 1. The standard InChI is InChI=1S/C23H21N3O3S/c1-15-6-4-5-7-18(15)25-22-26(23(2,3)13-30-22)21(27)17(12-24)10-16-8-9-19-20(11-16)29-14-28-19/h4-11H,13-14H2,1-3H3. The van der Waals surface area contributed by atoms with Crippen molar-refractivity contribution < 1.29 is 14.3 Å². The average Bonchev–Trinajstić information content (AvgIpc) is 3.30. The molecule has 0 aliphatic carbocycles. The van der Waals surface area contributed by atoms with Crippen molar-refractivity contribution in [2.75, 3.05) is 12.5 Å². The molecule has 2 aliphatic rings. The van der Waals surface area contributed by atoms with Crippen molar-refractivity contribution in [1.29, 1.82) is 5.26 Å². The van der Waals surface area contributed by atoms with Crippen LogP contribution in [0.1, 0.15) is 25.0 Å². The Balaban J connectivity index is 1.69. The van der Waals surface area contributed by atoms with E-state index < -0.39 is 5.54 Å². The highest BCUT2D eigenvalue weighted by atomic mass is 32.2. The molecule has 2 aliphatic heterocycles. The maximum absolute atomic E-state index is 13.4. The lowest BCUT2D eigenvalue weighted by atomic mass is 10.0. The van der Waals surface area contributed by atoms with Crippen LogP contribution in [0.25, 0.3) is 6.08 Å². The summed E-state index contributed by atoms with van der Waals surface area (Å²) < 4.78 is 10.7. The van der Waals surface area contributed by atoms with E-state index in [1.165, 1.54) is 11.8 Å². The first-order chi connectivity index (χ1) is 14.4. The minimum Gasteiger partial charge on any atom is -0.454 e. The van der Waals surface area contributed by atoms with Gasteiger partial charge < -0.3 is 9.47 Å². The Hall–Kier alpha value is -3.24. The molecule has 2 aromatic rings. The molecule has 0 aromatic heterocycles. The van der Waals surface area contributed by atoms with Gasteiger partial charge in [0.05, 0.1) is 11.2 Å². The van der Waals surface area contributed by atoms with Crippen LogP contribution in [0.15, 0.2) is 53.0 Å². The molecule has 2 aromatic carbocycles. The van der Waals surface area contributed by atoms with Crippen molar-refractivity contribution in [2.24, 2.45) is 4.99 Å². The molecule has 4 rings (SSSR count). The number of aryl methyl sites for hydroxylation is 1. The molecule has 0 atom stereocenters. The van der Waals surface area contributed by atoms with Crippen molar-refractivity contribution >= 4 is 34.6 Å². The molecular weight excluding hydrogens is 398 g/mol. The fraction of sp³-hybridized carbons (Fsp3) is 0.261. The third kappa shape index (κ3) is 3.79. The van der Waals surface area contributed by atoms with Crippen LogP contribution >= 0.6 is 11.8 Å². The number of aliphatic imine (C=N–C) groups is 1. The highest BCUT2D eigenvalue weighted by Crippen LogP contribution is 2.37. The Morgan fingerprint density at radius 3 is 2.77 bits per heavy atom. The Morgan fingerprint density at radius 1 is 1.23 bits per heavy atom. The molecule has 0 radical (unpaired) electrons. The zero-order chi connectivity index (χ0) is 21.3. The smallest absolute Gasteiger partial charge is 0.271 e. The third-order valence-electron chi connectivity index (χ3n) is 4.94. The molecule has 0 N–H and O–H groups in total. The summed E-state index contributed by atoms with van der Waals surface area (Å²) in [5, 5.41) is 10.3. The van der Waals surface area contributed by atoms with E-state index in [1.807, 2.05) is 45.0 Å². The summed E-state index contributed by atoms with van der Waals surface area (Å²) in [6.07, 6.45) is 1.58. The van der Waals surface area contributed by atoms with Gasteiger partial charge in [0, 0.05) is 5.75 Å². The first-order valence-electron chi connectivity index (χ1n) is 9.52. The molecule has 0 bridgehead atoms. The van der Waals surface area contributed by atoms with Gasteiger partial charge in [0.2, 0.25) is 6.79 Å². The lowest BCUT2D eigenvalue weighted by molar-refractivity contribution is -0.125. The van der Waals surface area contributed by atoms with Gasteiger partial charge in [-0.05, 0) is 56.2 Å². The monoisotopic (exact) mass is 419 g/mol. The fourth-order valence-electron chi connectivity index (χ4n) is 3.30. The van der Waals surface area contributed by atoms with E-state index in [2.05, 4.69) is 6.07 Å². The van der Waals surface area contributed by atoms with Gasteiger partial charge >= 0.3 is 0 Å². The molecule has 30 heavy (non-hydrogen) atoms. The SMILES string of the molecule is Cc1ccccc1N=C1SCC(C)(C)N1C(=O)C(C#N)=Cc1ccc2c(c1)OCO2. The lowest BCUT2D eigenvalue weighted by Crippen LogP contribution is -2.46. The topological polar surface area (TPSA) is 74.9 Å². The maximum atomic E-state index is 13.4. The Kier molecular flexibility index (Phi) is 5.27. The molecule has 1 saturated heterocycles. The average molecular weight is 420 g/mol. The van der Waals surface area contributed by atoms with Gasteiger partial charge in [0.1, 0.15) is 11.6 Å². The quantitative estimate of drug-likeness (QED) is 0.534. The van der Waals surface area contributed by atoms with E-state index in [0.717, 1.165) is 11.3 Å². The summed E-state index contributed by atoms with van der Waals surface area (Å²) in [5.74, 6) is 1.60. The van der Waals surface area contributed by atoms with Crippen LogP contribution in [0.3, 0.4) is 0 Å². The van der Waals surface area contributed by atoms with E-state index in [9.17, 15) is 10.1 Å². The number of hydrogen-bond donors (Lipinski definition) is 0. The predicted molar refractivity (Wildman–Crippen MR) is 118 cm³/mol. The minimum atomic E-state index is -0.464. The lowest BCUT2D eigenvalue weighted by Gasteiger charge is -2.30. The van der Waals surface area contributed by atoms with Crippen molar-refractivity contribution in [1.82, 2.24) is 4.90 Å². The summed E-state index contributed by atoms with van der Waals surface area (Å²) in [6.45, 7) is 6.11. The van der Waals surface area contributed by atoms with E-state index in [1.54, 1.807) is 29.2 Å². The third-order valence-corrected chi connectivity index (χ3v) is 6.33. The summed E-state index contributed by atoms with van der Waals surface area (Å²) in [4.78, 5) is 19.8. The van der Waals surface area contributed by atoms with Gasteiger partial charge in [0.15, 0.2) is 16.7 Å². The predicted octanol–water partition coefficient (Wildman–Crippen LogP) is 4.67. The molecular formula is C23H21N3O3S. The first kappa shape index (κ1) is 20.0. The summed E-state index contributed by atoms with van der Waals surface area (Å²) in [7, 11) is 0. The van der Waals surface area contributed by atoms with E-state index in [4.69, 9.17) is 14.5 Å². The second kappa shape index (κ2) is 7.88. The van der Waals surface area contributed by atoms with Crippen LogP contribution in [0, 0.1) is 18.3 Å². The van der Waals surface area contributed by atoms with Gasteiger partial charge in [-0.15, -0.1) is 0 Å². The van der Waals surface area contributed by atoms with Gasteiger partial charge in [-0.2, -0.15) is 5.26 Å². The van der Waals surface area contributed by atoms with Crippen molar-refractivity contribution in [3.05, 3.63) is 59.2 Å². The van der Waals surface area contributed by atoms with Crippen LogP contribution < -0.4 is 9.47 Å². The van der Waals surface area contributed by atoms with Gasteiger partial charge in [0.25, 0.3) is 5.91 Å². The number of thioether (sulfide) groups is 1. The Morgan fingerprint density at radius 2 is 2.00 bits per heavy atom. The number of rotatable bonds is 3. The minimum absolute atomic E-state index is 0.0434. The van der Waals surface area contributed by atoms with Crippen molar-refractivity contribution in [3.63, 3.8) is 0 Å². The van der Waals surface area contributed by atoms with Crippen LogP contribution in [-0.4, -0.2) is 34.1 Å². The molecule has 0 unspecified atom stereocenters. The molecule has 2 heterocycles. The van der Waals surface area contributed by atoms with Crippen LogP contribution in [-0.2, 0) is 4.79 Å². The van der Waals surface area contributed by atoms with Gasteiger partial charge in [-0.3, -0.25) is 9.69 Å². The Bertz CT molecular complexity index is 1110. The second-order valence-corrected chi connectivity index (χ2v) is 8.65. The van der Waals surface area contributed by atoms with Crippen LogP contribution in [0.2, 0.25) is 0 Å². The largest absolute Gasteiger partial charge is 0.454 e. The first-order valence-corrected chi connectivity index (χ1v) is 10.5. The maximum Gasteiger partial charge on any atom is 0.271 e. The summed E-state index contributed by atoms with van der Waals surface area (Å²) in [5.41, 5.74) is 2.12. The number of amides is 1. The number of hydrogen-bond acceptors (Lipinski definition) is 6. The Labute approximate surface area is 179 Å². The van der Waals surface area contributed by atoms with E-state index in [-0.39, 0.29) is 18.3 Å². The number of carbonyl (C=O) groups excluding carboxylic acids is 1. The van der Waals surface area contributed by atoms with Crippen LogP contribution in [0.4, 0.5) is 5.69 Å². The highest BCUT2D eigenvalue weighted by Gasteiger charge is 2.42. The van der Waals surface area contributed by atoms with Gasteiger partial charge in [-0.1, -0.05) is 36.0 Å². The van der Waals surface area contributed by atoms with Crippen LogP contribution in [0.5, 0.6) is 11.5 Å². The summed E-state index contributed by atoms with van der Waals surface area (Å²) >= 11 is 1.52. The normalized spacial score (nSPS) is 18.5. The number of para-hydroxylation sites is 1. The molecule has 7 heteroatoms. The molecule has 1 amide bonds. The number of nitrogens with zero attached hydrogens (tertiary/aromatic N) is 3. The molecule has 6 nitrogen and oxygen atoms in total. The number of fused-ring (bicyclic) bond motifs is 1. The number of ether oxygens (including phenoxy) is 2. The van der Waals surface area contributed by atoms with Crippen molar-refractivity contribution in [3.8, 4) is 17.6 Å². The molecule has 152 valence electrons. The number of amidine groups is 1. The fourth-order valence-corrected chi connectivity index (χ4v) is 4.53. The molecule has 1 fully saturated rings.